The summed E-state index contributed by atoms with van der Waals surface area (Å²) in [5.41, 5.74) is -1.40. The summed E-state index contributed by atoms with van der Waals surface area (Å²) >= 11 is 0. The second-order valence-corrected chi connectivity index (χ2v) is 6.39. The minimum Gasteiger partial charge on any atom is -0.435 e. The number of hydrogen-bond donors (Lipinski definition) is 2. The fraction of sp³-hybridized carbons (Fsp3) is 0.211. The molecule has 0 saturated carbocycles. The molecule has 182 valence electrons. The maximum absolute atomic E-state index is 13.1. The van der Waals surface area contributed by atoms with Crippen LogP contribution in [0.3, 0.4) is 0 Å². The van der Waals surface area contributed by atoms with Gasteiger partial charge in [0.1, 0.15) is 18.4 Å². The van der Waals surface area contributed by atoms with E-state index < -0.39 is 48.9 Å². The number of nitrogens with zero attached hydrogens (tertiary/aromatic N) is 3. The van der Waals surface area contributed by atoms with Crippen LogP contribution in [0.5, 0.6) is 11.5 Å². The summed E-state index contributed by atoms with van der Waals surface area (Å²) in [6, 6.07) is 5.39. The van der Waals surface area contributed by atoms with E-state index in [-0.39, 0.29) is 17.1 Å². The van der Waals surface area contributed by atoms with Gasteiger partial charge in [-0.2, -0.15) is 35.8 Å². The lowest BCUT2D eigenvalue weighted by Gasteiger charge is -2.16. The molecular formula is C19H14F7N5O3. The minimum absolute atomic E-state index is 0.0778. The maximum Gasteiger partial charge on any atom is 0.416 e. The number of anilines is 2. The summed E-state index contributed by atoms with van der Waals surface area (Å²) in [4.78, 5) is 16.1. The van der Waals surface area contributed by atoms with Crippen LogP contribution in [0.1, 0.15) is 5.56 Å². The monoisotopic (exact) mass is 493 g/mol. The SMILES string of the molecule is O=C(CNc1ccc(OC(F)F)cc1OC(F)F)Nc1cc(C(F)(F)F)ccc1-n1cncn1. The quantitative estimate of drug-likeness (QED) is 0.426. The highest BCUT2D eigenvalue weighted by Gasteiger charge is 2.31. The predicted molar refractivity (Wildman–Crippen MR) is 103 cm³/mol. The Hall–Kier alpha value is -4.04. The standard InChI is InChI=1S/C19H14F7N5O3/c20-17(21)33-11-2-3-12(15(6-11)34-18(22)23)28-7-16(32)30-13-5-10(19(24,25)26)1-4-14(13)31-9-27-8-29-31/h1-6,8-9,17-18,28H,7H2,(H,30,32). The summed E-state index contributed by atoms with van der Waals surface area (Å²) in [5, 5.41) is 8.54. The zero-order valence-electron chi connectivity index (χ0n) is 16.7. The Bertz CT molecular complexity index is 1120. The van der Waals surface area contributed by atoms with Crippen molar-refractivity contribution in [2.24, 2.45) is 0 Å². The number of aromatic nitrogens is 3. The van der Waals surface area contributed by atoms with Crippen LogP contribution in [-0.2, 0) is 11.0 Å². The number of ether oxygens (including phenoxy) is 2. The van der Waals surface area contributed by atoms with Crippen molar-refractivity contribution in [1.29, 1.82) is 0 Å². The fourth-order valence-corrected chi connectivity index (χ4v) is 2.73. The molecule has 0 saturated heterocycles. The highest BCUT2D eigenvalue weighted by atomic mass is 19.4. The van der Waals surface area contributed by atoms with Crippen molar-refractivity contribution in [3.8, 4) is 17.2 Å². The number of alkyl halides is 7. The summed E-state index contributed by atoms with van der Waals surface area (Å²) < 4.78 is 98.9. The molecule has 0 spiro atoms. The van der Waals surface area contributed by atoms with Crippen LogP contribution in [-0.4, -0.2) is 40.4 Å². The Labute approximate surface area is 186 Å². The summed E-state index contributed by atoms with van der Waals surface area (Å²) in [6.45, 7) is -7.14. The fourth-order valence-electron chi connectivity index (χ4n) is 2.73. The van der Waals surface area contributed by atoms with Gasteiger partial charge in [0.25, 0.3) is 0 Å². The zero-order chi connectivity index (χ0) is 24.9. The van der Waals surface area contributed by atoms with Crippen molar-refractivity contribution in [3.05, 3.63) is 54.6 Å². The number of nitrogens with one attached hydrogen (secondary N) is 2. The van der Waals surface area contributed by atoms with Crippen molar-refractivity contribution in [1.82, 2.24) is 14.8 Å². The summed E-state index contributed by atoms with van der Waals surface area (Å²) in [5.74, 6) is -1.93. The van der Waals surface area contributed by atoms with E-state index in [1.807, 2.05) is 0 Å². The lowest BCUT2D eigenvalue weighted by molar-refractivity contribution is -0.137. The Balaban J connectivity index is 1.78. The second-order valence-electron chi connectivity index (χ2n) is 6.39. The van der Waals surface area contributed by atoms with Crippen LogP contribution in [0.15, 0.2) is 49.1 Å². The Kier molecular flexibility index (Phi) is 7.43. The lowest BCUT2D eigenvalue weighted by Crippen LogP contribution is -2.23. The average Bonchev–Trinajstić information content (AvgIpc) is 3.26. The van der Waals surface area contributed by atoms with Crippen LogP contribution < -0.4 is 20.1 Å². The third-order valence-corrected chi connectivity index (χ3v) is 4.10. The number of carbonyl (C=O) groups excluding carboxylic acids is 1. The highest BCUT2D eigenvalue weighted by Crippen LogP contribution is 2.34. The molecule has 1 aromatic heterocycles. The molecule has 0 aliphatic rings. The molecule has 0 bridgehead atoms. The van der Waals surface area contributed by atoms with Gasteiger partial charge in [0.2, 0.25) is 5.91 Å². The molecule has 0 unspecified atom stereocenters. The molecule has 3 rings (SSSR count). The van der Waals surface area contributed by atoms with Crippen LogP contribution in [0.2, 0.25) is 0 Å². The molecule has 1 heterocycles. The lowest BCUT2D eigenvalue weighted by atomic mass is 10.1. The van der Waals surface area contributed by atoms with Crippen LogP contribution in [0.25, 0.3) is 5.69 Å². The molecule has 0 aliphatic carbocycles. The number of halogens is 7. The number of carbonyl (C=O) groups is 1. The van der Waals surface area contributed by atoms with Gasteiger partial charge in [0.05, 0.1) is 29.2 Å². The third kappa shape index (κ3) is 6.49. The number of amides is 1. The van der Waals surface area contributed by atoms with E-state index in [9.17, 15) is 35.5 Å². The van der Waals surface area contributed by atoms with Gasteiger partial charge in [-0.1, -0.05) is 0 Å². The molecule has 0 radical (unpaired) electrons. The van der Waals surface area contributed by atoms with Crippen molar-refractivity contribution in [3.63, 3.8) is 0 Å². The molecule has 0 fully saturated rings. The van der Waals surface area contributed by atoms with Gasteiger partial charge in [-0.3, -0.25) is 4.79 Å². The van der Waals surface area contributed by atoms with Gasteiger partial charge in [-0.05, 0) is 30.3 Å². The van der Waals surface area contributed by atoms with Gasteiger partial charge in [-0.15, -0.1) is 0 Å². The Morgan fingerprint density at radius 1 is 1.00 bits per heavy atom. The van der Waals surface area contributed by atoms with Crippen molar-refractivity contribution < 1.29 is 45.0 Å². The Morgan fingerprint density at radius 3 is 2.35 bits per heavy atom. The van der Waals surface area contributed by atoms with E-state index in [2.05, 4.69) is 30.2 Å². The van der Waals surface area contributed by atoms with E-state index in [0.29, 0.717) is 6.07 Å². The van der Waals surface area contributed by atoms with Crippen LogP contribution in [0, 0.1) is 0 Å². The summed E-state index contributed by atoms with van der Waals surface area (Å²) in [6.07, 6.45) is -2.35. The van der Waals surface area contributed by atoms with Crippen LogP contribution >= 0.6 is 0 Å². The number of hydrogen-bond acceptors (Lipinski definition) is 6. The number of benzene rings is 2. The largest absolute Gasteiger partial charge is 0.435 e. The molecule has 2 N–H and O–H groups in total. The maximum atomic E-state index is 13.1. The smallest absolute Gasteiger partial charge is 0.416 e. The second kappa shape index (κ2) is 10.3. The van der Waals surface area contributed by atoms with Gasteiger partial charge < -0.3 is 20.1 Å². The normalized spacial score (nSPS) is 11.6. The molecule has 1 amide bonds. The zero-order valence-corrected chi connectivity index (χ0v) is 16.7. The first-order valence-corrected chi connectivity index (χ1v) is 9.16. The summed E-state index contributed by atoms with van der Waals surface area (Å²) in [7, 11) is 0. The molecule has 8 nitrogen and oxygen atoms in total. The molecule has 0 atom stereocenters. The molecule has 34 heavy (non-hydrogen) atoms. The van der Waals surface area contributed by atoms with Crippen molar-refractivity contribution in [2.75, 3.05) is 17.2 Å². The van der Waals surface area contributed by atoms with Gasteiger partial charge in [0.15, 0.2) is 5.75 Å². The van der Waals surface area contributed by atoms with Gasteiger partial charge in [-0.25, -0.2) is 9.67 Å². The van der Waals surface area contributed by atoms with Crippen molar-refractivity contribution >= 4 is 17.3 Å². The van der Waals surface area contributed by atoms with Gasteiger partial charge in [0, 0.05) is 6.07 Å². The van der Waals surface area contributed by atoms with Gasteiger partial charge >= 0.3 is 19.4 Å². The minimum atomic E-state index is -4.69. The topological polar surface area (TPSA) is 90.3 Å². The Morgan fingerprint density at radius 2 is 1.74 bits per heavy atom. The first-order valence-electron chi connectivity index (χ1n) is 9.16. The van der Waals surface area contributed by atoms with E-state index in [1.165, 1.54) is 6.33 Å². The van der Waals surface area contributed by atoms with E-state index in [4.69, 9.17) is 0 Å². The molecule has 3 aromatic rings. The average molecular weight is 493 g/mol. The predicted octanol–water partition coefficient (Wildman–Crippen LogP) is 4.54. The van der Waals surface area contributed by atoms with E-state index >= 15 is 0 Å². The molecule has 0 aliphatic heterocycles. The first kappa shape index (κ1) is 24.6. The molecule has 2 aromatic carbocycles. The van der Waals surface area contributed by atoms with Crippen molar-refractivity contribution in [2.45, 2.75) is 19.4 Å². The van der Waals surface area contributed by atoms with Crippen LogP contribution in [0.4, 0.5) is 42.1 Å². The number of rotatable bonds is 9. The highest BCUT2D eigenvalue weighted by molar-refractivity contribution is 5.95. The first-order chi connectivity index (χ1) is 16.0. The molecule has 15 heteroatoms. The molecular weight excluding hydrogens is 479 g/mol. The van der Waals surface area contributed by atoms with E-state index in [0.717, 1.165) is 41.3 Å². The van der Waals surface area contributed by atoms with E-state index in [1.54, 1.807) is 0 Å². The third-order valence-electron chi connectivity index (χ3n) is 4.10.